The highest BCUT2D eigenvalue weighted by atomic mass is 35.5. The van der Waals surface area contributed by atoms with Crippen LogP contribution in [0.1, 0.15) is 48.9 Å². The number of benzene rings is 1. The number of hydrogen-bond donors (Lipinski definition) is 1. The first-order valence-corrected chi connectivity index (χ1v) is 10.8. The summed E-state index contributed by atoms with van der Waals surface area (Å²) in [6.45, 7) is 0. The minimum Gasteiger partial charge on any atom is -0.489 e. The highest BCUT2D eigenvalue weighted by Gasteiger charge is 2.37. The van der Waals surface area contributed by atoms with E-state index in [9.17, 15) is 17.6 Å². The molecule has 0 aromatic heterocycles. The summed E-state index contributed by atoms with van der Waals surface area (Å²) in [6, 6.07) is 2.06. The smallest absolute Gasteiger partial charge is 0.267 e. The zero-order valence-electron chi connectivity index (χ0n) is 13.6. The van der Waals surface area contributed by atoms with Crippen LogP contribution in [-0.4, -0.2) is 30.0 Å². The summed E-state index contributed by atoms with van der Waals surface area (Å²) < 4.78 is 44.8. The fourth-order valence-corrected chi connectivity index (χ4v) is 4.69. The molecule has 3 rings (SSSR count). The fraction of sp³-hybridized carbons (Fsp3) is 0.562. The summed E-state index contributed by atoms with van der Waals surface area (Å²) in [7, 11) is -3.77. The van der Waals surface area contributed by atoms with Crippen LogP contribution in [-0.2, 0) is 10.0 Å². The summed E-state index contributed by atoms with van der Waals surface area (Å²) in [5.74, 6) is -1.87. The van der Waals surface area contributed by atoms with Gasteiger partial charge in [-0.05, 0) is 44.6 Å². The van der Waals surface area contributed by atoms with Crippen LogP contribution in [0.2, 0.25) is 5.02 Å². The summed E-state index contributed by atoms with van der Waals surface area (Å²) in [5.41, 5.74) is -0.448. The lowest BCUT2D eigenvalue weighted by molar-refractivity contribution is 0.0977. The van der Waals surface area contributed by atoms with Crippen LogP contribution in [0.15, 0.2) is 12.1 Å². The van der Waals surface area contributed by atoms with Gasteiger partial charge in [-0.15, -0.1) is 23.2 Å². The molecule has 1 aromatic carbocycles. The first kappa shape index (κ1) is 20.0. The van der Waals surface area contributed by atoms with Crippen LogP contribution in [0.4, 0.5) is 4.39 Å². The van der Waals surface area contributed by atoms with Crippen LogP contribution in [0.3, 0.4) is 0 Å². The molecule has 1 aromatic rings. The molecule has 0 bridgehead atoms. The topological polar surface area (TPSA) is 72.5 Å². The molecule has 0 radical (unpaired) electrons. The number of alkyl halides is 2. The Balaban J connectivity index is 1.71. The van der Waals surface area contributed by atoms with Crippen molar-refractivity contribution in [2.75, 3.05) is 0 Å². The molecule has 1 amide bonds. The lowest BCUT2D eigenvalue weighted by Crippen LogP contribution is -2.33. The van der Waals surface area contributed by atoms with Crippen molar-refractivity contribution in [2.45, 2.75) is 54.2 Å². The Hall–Kier alpha value is -0.760. The Bertz CT molecular complexity index is 817. The summed E-state index contributed by atoms with van der Waals surface area (Å²) in [4.78, 5) is 12.1. The van der Waals surface area contributed by atoms with Crippen molar-refractivity contribution in [1.29, 1.82) is 0 Å². The average Bonchev–Trinajstić information content (AvgIpc) is 3.37. The Morgan fingerprint density at radius 3 is 2.38 bits per heavy atom. The molecule has 2 aliphatic carbocycles. The maximum absolute atomic E-state index is 14.3. The third kappa shape index (κ3) is 4.74. The molecule has 0 heterocycles. The predicted octanol–water partition coefficient (Wildman–Crippen LogP) is 4.20. The van der Waals surface area contributed by atoms with E-state index in [1.165, 1.54) is 0 Å². The average molecular weight is 445 g/mol. The number of carbonyl (C=O) groups is 1. The van der Waals surface area contributed by atoms with E-state index < -0.39 is 36.9 Å². The van der Waals surface area contributed by atoms with Crippen molar-refractivity contribution in [3.63, 3.8) is 0 Å². The molecule has 26 heavy (non-hydrogen) atoms. The molecule has 144 valence electrons. The van der Waals surface area contributed by atoms with Gasteiger partial charge in [0.15, 0.2) is 0 Å². The van der Waals surface area contributed by atoms with Gasteiger partial charge in [0.05, 0.1) is 21.9 Å². The quantitative estimate of drug-likeness (QED) is 0.691. The lowest BCUT2D eigenvalue weighted by Gasteiger charge is -2.31. The second-order valence-corrected chi connectivity index (χ2v) is 10.6. The standard InChI is InChI=1S/C16H17Cl3FNO4S/c17-12-7-11(15(22)21-26(23,24)10-1-2-10)13(20)8-14(12)25-9-3-5-16(18,19)6-4-9/h7-10H,1-6H2,(H,21,22). The van der Waals surface area contributed by atoms with Gasteiger partial charge in [-0.2, -0.15) is 0 Å². The molecule has 0 unspecified atom stereocenters. The third-order valence-electron chi connectivity index (χ3n) is 4.42. The number of halogens is 4. The Morgan fingerprint density at radius 2 is 1.81 bits per heavy atom. The van der Waals surface area contributed by atoms with Gasteiger partial charge in [-0.3, -0.25) is 4.79 Å². The number of nitrogens with one attached hydrogen (secondary N) is 1. The molecule has 0 atom stereocenters. The third-order valence-corrected chi connectivity index (χ3v) is 7.29. The molecule has 2 aliphatic rings. The monoisotopic (exact) mass is 443 g/mol. The van der Waals surface area contributed by atoms with E-state index in [1.807, 2.05) is 4.72 Å². The zero-order valence-corrected chi connectivity index (χ0v) is 16.7. The SMILES string of the molecule is O=C(NS(=O)(=O)C1CC1)c1cc(Cl)c(OC2CCC(Cl)(Cl)CC2)cc1F. The fourth-order valence-electron chi connectivity index (χ4n) is 2.75. The number of carbonyl (C=O) groups excluding carboxylic acids is 1. The molecule has 5 nitrogen and oxygen atoms in total. The van der Waals surface area contributed by atoms with Gasteiger partial charge in [0.25, 0.3) is 5.91 Å². The molecule has 0 aliphatic heterocycles. The van der Waals surface area contributed by atoms with E-state index in [4.69, 9.17) is 39.5 Å². The molecule has 1 N–H and O–H groups in total. The van der Waals surface area contributed by atoms with Crippen molar-refractivity contribution in [3.8, 4) is 5.75 Å². The van der Waals surface area contributed by atoms with Crippen LogP contribution in [0.5, 0.6) is 5.75 Å². The summed E-state index contributed by atoms with van der Waals surface area (Å²) in [5, 5.41) is -0.566. The molecule has 0 spiro atoms. The van der Waals surface area contributed by atoms with Gasteiger partial charge in [-0.1, -0.05) is 11.6 Å². The first-order chi connectivity index (χ1) is 12.1. The van der Waals surface area contributed by atoms with Crippen molar-refractivity contribution in [2.24, 2.45) is 0 Å². The highest BCUT2D eigenvalue weighted by Crippen LogP contribution is 2.40. The summed E-state index contributed by atoms with van der Waals surface area (Å²) >= 11 is 18.2. The Labute approximate surface area is 166 Å². The van der Waals surface area contributed by atoms with E-state index in [0.717, 1.165) is 12.1 Å². The highest BCUT2D eigenvalue weighted by molar-refractivity contribution is 7.91. The Morgan fingerprint density at radius 1 is 1.19 bits per heavy atom. The number of hydrogen-bond acceptors (Lipinski definition) is 4. The minimum atomic E-state index is -3.77. The van der Waals surface area contributed by atoms with Gasteiger partial charge in [0, 0.05) is 6.07 Å². The van der Waals surface area contributed by atoms with Crippen LogP contribution >= 0.6 is 34.8 Å². The number of ether oxygens (including phenoxy) is 1. The van der Waals surface area contributed by atoms with Crippen LogP contribution in [0, 0.1) is 5.82 Å². The molecular weight excluding hydrogens is 428 g/mol. The van der Waals surface area contributed by atoms with Gasteiger partial charge in [0.2, 0.25) is 10.0 Å². The molecule has 0 saturated heterocycles. The van der Waals surface area contributed by atoms with E-state index in [0.29, 0.717) is 38.5 Å². The van der Waals surface area contributed by atoms with Gasteiger partial charge in [-0.25, -0.2) is 17.5 Å². The zero-order chi connectivity index (χ0) is 19.1. The van der Waals surface area contributed by atoms with Crippen molar-refractivity contribution in [1.82, 2.24) is 4.72 Å². The number of sulfonamides is 1. The Kier molecular flexibility index (Phi) is 5.64. The van der Waals surface area contributed by atoms with Gasteiger partial charge in [0.1, 0.15) is 15.9 Å². The first-order valence-electron chi connectivity index (χ1n) is 8.17. The second kappa shape index (κ2) is 7.34. The molecule has 2 fully saturated rings. The van der Waals surface area contributed by atoms with Crippen LogP contribution in [0.25, 0.3) is 0 Å². The lowest BCUT2D eigenvalue weighted by atomic mass is 9.96. The maximum Gasteiger partial charge on any atom is 0.267 e. The van der Waals surface area contributed by atoms with Crippen molar-refractivity contribution < 1.29 is 22.3 Å². The van der Waals surface area contributed by atoms with Gasteiger partial charge < -0.3 is 4.74 Å². The number of rotatable bonds is 5. The molecular formula is C16H17Cl3FNO4S. The molecule has 10 heteroatoms. The normalized spacial score (nSPS) is 20.6. The second-order valence-electron chi connectivity index (χ2n) is 6.61. The number of amides is 1. The van der Waals surface area contributed by atoms with Gasteiger partial charge >= 0.3 is 0 Å². The van der Waals surface area contributed by atoms with E-state index in [-0.39, 0.29) is 16.9 Å². The molecule has 2 saturated carbocycles. The largest absolute Gasteiger partial charge is 0.489 e. The predicted molar refractivity (Wildman–Crippen MR) is 98.1 cm³/mol. The van der Waals surface area contributed by atoms with E-state index >= 15 is 0 Å². The maximum atomic E-state index is 14.3. The van der Waals surface area contributed by atoms with Crippen molar-refractivity contribution in [3.05, 3.63) is 28.5 Å². The van der Waals surface area contributed by atoms with E-state index in [1.54, 1.807) is 0 Å². The minimum absolute atomic E-state index is 0.0222. The van der Waals surface area contributed by atoms with Crippen LogP contribution < -0.4 is 9.46 Å². The summed E-state index contributed by atoms with van der Waals surface area (Å²) in [6.07, 6.45) is 3.03. The van der Waals surface area contributed by atoms with Crippen molar-refractivity contribution >= 4 is 50.7 Å². The van der Waals surface area contributed by atoms with E-state index in [2.05, 4.69) is 0 Å².